The first-order valence-corrected chi connectivity index (χ1v) is 7.33. The molecule has 0 bridgehead atoms. The van der Waals surface area contributed by atoms with Gasteiger partial charge in [0, 0.05) is 26.2 Å². The zero-order valence-corrected chi connectivity index (χ0v) is 13.3. The molecule has 1 aromatic carbocycles. The third-order valence-electron chi connectivity index (χ3n) is 3.80. The van der Waals surface area contributed by atoms with Crippen molar-refractivity contribution < 1.29 is 19.1 Å². The van der Waals surface area contributed by atoms with E-state index in [2.05, 4.69) is 0 Å². The highest BCUT2D eigenvalue weighted by atomic mass is 16.5. The van der Waals surface area contributed by atoms with Gasteiger partial charge in [-0.2, -0.15) is 0 Å². The summed E-state index contributed by atoms with van der Waals surface area (Å²) in [6.07, 6.45) is 0.386. The van der Waals surface area contributed by atoms with Gasteiger partial charge in [0.2, 0.25) is 0 Å². The van der Waals surface area contributed by atoms with Gasteiger partial charge in [-0.25, -0.2) is 4.79 Å². The molecule has 2 amide bonds. The van der Waals surface area contributed by atoms with E-state index < -0.39 is 0 Å². The van der Waals surface area contributed by atoms with Crippen molar-refractivity contribution in [2.45, 2.75) is 13.3 Å². The fourth-order valence-corrected chi connectivity index (χ4v) is 2.59. The number of amides is 2. The van der Waals surface area contributed by atoms with E-state index in [4.69, 9.17) is 9.47 Å². The smallest absolute Gasteiger partial charge is 0.409 e. The number of rotatable bonds is 2. The van der Waals surface area contributed by atoms with Gasteiger partial charge in [0.1, 0.15) is 5.75 Å². The van der Waals surface area contributed by atoms with Crippen LogP contribution in [0.1, 0.15) is 22.3 Å². The van der Waals surface area contributed by atoms with E-state index >= 15 is 0 Å². The van der Waals surface area contributed by atoms with Gasteiger partial charge in [0.25, 0.3) is 5.91 Å². The van der Waals surface area contributed by atoms with Crippen LogP contribution in [-0.2, 0) is 4.74 Å². The predicted octanol–water partition coefficient (Wildman–Crippen LogP) is 1.92. The maximum atomic E-state index is 12.7. The molecule has 1 aromatic rings. The summed E-state index contributed by atoms with van der Waals surface area (Å²) in [6.45, 7) is 4.13. The van der Waals surface area contributed by atoms with Crippen LogP contribution < -0.4 is 4.74 Å². The van der Waals surface area contributed by atoms with E-state index in [-0.39, 0.29) is 12.0 Å². The van der Waals surface area contributed by atoms with Crippen molar-refractivity contribution in [3.63, 3.8) is 0 Å². The summed E-state index contributed by atoms with van der Waals surface area (Å²) in [7, 11) is 2.93. The number of ether oxygens (including phenoxy) is 2. The number of aryl methyl sites for hydroxylation is 1. The molecule has 0 unspecified atom stereocenters. The summed E-state index contributed by atoms with van der Waals surface area (Å²) >= 11 is 0. The number of methoxy groups -OCH3 is 2. The normalized spacial score (nSPS) is 15.2. The molecule has 6 heteroatoms. The molecule has 0 radical (unpaired) electrons. The molecule has 22 heavy (non-hydrogen) atoms. The maximum Gasteiger partial charge on any atom is 0.409 e. The molecule has 0 N–H and O–H groups in total. The summed E-state index contributed by atoms with van der Waals surface area (Å²) in [5.41, 5.74) is 1.57. The molecule has 1 heterocycles. The summed E-state index contributed by atoms with van der Waals surface area (Å²) < 4.78 is 10.0. The maximum absolute atomic E-state index is 12.7. The monoisotopic (exact) mass is 306 g/mol. The SMILES string of the molecule is COC(=O)N1CCCN(C(=O)c2cc(C)ccc2OC)CC1. The summed E-state index contributed by atoms with van der Waals surface area (Å²) in [4.78, 5) is 27.7. The Bertz CT molecular complexity index is 559. The van der Waals surface area contributed by atoms with E-state index in [9.17, 15) is 9.59 Å². The second-order valence-electron chi connectivity index (χ2n) is 5.31. The van der Waals surface area contributed by atoms with Crippen LogP contribution in [0.4, 0.5) is 4.79 Å². The second kappa shape index (κ2) is 7.15. The van der Waals surface area contributed by atoms with Crippen molar-refractivity contribution >= 4 is 12.0 Å². The fraction of sp³-hybridized carbons (Fsp3) is 0.500. The summed E-state index contributed by atoms with van der Waals surface area (Å²) in [5.74, 6) is 0.511. The van der Waals surface area contributed by atoms with Crippen molar-refractivity contribution in [1.29, 1.82) is 0 Å². The minimum atomic E-state index is -0.345. The lowest BCUT2D eigenvalue weighted by Crippen LogP contribution is -2.37. The molecule has 0 spiro atoms. The average Bonchev–Trinajstić information content (AvgIpc) is 2.79. The third-order valence-corrected chi connectivity index (χ3v) is 3.80. The second-order valence-corrected chi connectivity index (χ2v) is 5.31. The number of hydrogen-bond donors (Lipinski definition) is 0. The van der Waals surface area contributed by atoms with Crippen molar-refractivity contribution in [1.82, 2.24) is 9.80 Å². The molecule has 120 valence electrons. The molecular formula is C16H22N2O4. The lowest BCUT2D eigenvalue weighted by Gasteiger charge is -2.22. The van der Waals surface area contributed by atoms with Gasteiger partial charge in [-0.1, -0.05) is 11.6 Å². The molecule has 0 atom stereocenters. The van der Waals surface area contributed by atoms with Crippen LogP contribution in [0.15, 0.2) is 18.2 Å². The van der Waals surface area contributed by atoms with E-state index in [0.29, 0.717) is 37.5 Å². The minimum Gasteiger partial charge on any atom is -0.496 e. The zero-order valence-electron chi connectivity index (χ0n) is 13.3. The number of hydrogen-bond acceptors (Lipinski definition) is 4. The van der Waals surface area contributed by atoms with Gasteiger partial charge in [-0.15, -0.1) is 0 Å². The third kappa shape index (κ3) is 3.50. The molecular weight excluding hydrogens is 284 g/mol. The molecule has 6 nitrogen and oxygen atoms in total. The van der Waals surface area contributed by atoms with E-state index in [0.717, 1.165) is 12.0 Å². The summed E-state index contributed by atoms with van der Waals surface area (Å²) in [6, 6.07) is 5.56. The predicted molar refractivity (Wildman–Crippen MR) is 82.2 cm³/mol. The lowest BCUT2D eigenvalue weighted by molar-refractivity contribution is 0.0753. The minimum absolute atomic E-state index is 0.0627. The first-order valence-electron chi connectivity index (χ1n) is 7.33. The van der Waals surface area contributed by atoms with Gasteiger partial charge >= 0.3 is 6.09 Å². The molecule has 1 aliphatic heterocycles. The Balaban J connectivity index is 2.13. The van der Waals surface area contributed by atoms with E-state index in [1.807, 2.05) is 19.1 Å². The Labute approximate surface area is 130 Å². The number of nitrogens with zero attached hydrogens (tertiary/aromatic N) is 2. The average molecular weight is 306 g/mol. The molecule has 1 saturated heterocycles. The Morgan fingerprint density at radius 1 is 1.05 bits per heavy atom. The Morgan fingerprint density at radius 3 is 2.41 bits per heavy atom. The molecule has 0 aliphatic carbocycles. The van der Waals surface area contributed by atoms with E-state index in [1.54, 1.807) is 23.0 Å². The van der Waals surface area contributed by atoms with Crippen LogP contribution in [0.2, 0.25) is 0 Å². The van der Waals surface area contributed by atoms with Crippen LogP contribution in [0.3, 0.4) is 0 Å². The highest BCUT2D eigenvalue weighted by Gasteiger charge is 2.24. The molecule has 1 aliphatic rings. The quantitative estimate of drug-likeness (QED) is 0.837. The standard InChI is InChI=1S/C16H22N2O4/c1-12-5-6-14(21-2)13(11-12)15(19)17-7-4-8-18(10-9-17)16(20)22-3/h5-6,11H,4,7-10H2,1-3H3. The van der Waals surface area contributed by atoms with Gasteiger partial charge in [0.15, 0.2) is 0 Å². The molecule has 2 rings (SSSR count). The number of carbonyl (C=O) groups is 2. The number of carbonyl (C=O) groups excluding carboxylic acids is 2. The largest absolute Gasteiger partial charge is 0.496 e. The Kier molecular flexibility index (Phi) is 5.25. The van der Waals surface area contributed by atoms with Gasteiger partial charge in [-0.05, 0) is 25.5 Å². The van der Waals surface area contributed by atoms with E-state index in [1.165, 1.54) is 7.11 Å². The zero-order chi connectivity index (χ0) is 16.1. The van der Waals surface area contributed by atoms with Gasteiger partial charge in [0.05, 0.1) is 19.8 Å². The number of benzene rings is 1. The highest BCUT2D eigenvalue weighted by Crippen LogP contribution is 2.22. The fourth-order valence-electron chi connectivity index (χ4n) is 2.59. The molecule has 0 aromatic heterocycles. The molecule has 1 fully saturated rings. The first-order chi connectivity index (χ1) is 10.6. The van der Waals surface area contributed by atoms with Crippen LogP contribution >= 0.6 is 0 Å². The van der Waals surface area contributed by atoms with Crippen LogP contribution in [0, 0.1) is 6.92 Å². The topological polar surface area (TPSA) is 59.1 Å². The Hall–Kier alpha value is -2.24. The van der Waals surface area contributed by atoms with Gasteiger partial charge in [-0.3, -0.25) is 4.79 Å². The first kappa shape index (κ1) is 16.1. The van der Waals surface area contributed by atoms with Crippen LogP contribution in [-0.4, -0.2) is 62.2 Å². The van der Waals surface area contributed by atoms with Crippen LogP contribution in [0.5, 0.6) is 5.75 Å². The van der Waals surface area contributed by atoms with Crippen LogP contribution in [0.25, 0.3) is 0 Å². The molecule has 0 saturated carbocycles. The van der Waals surface area contributed by atoms with Crippen molar-refractivity contribution in [2.24, 2.45) is 0 Å². The summed E-state index contributed by atoms with van der Waals surface area (Å²) in [5, 5.41) is 0. The van der Waals surface area contributed by atoms with Crippen molar-refractivity contribution in [2.75, 3.05) is 40.4 Å². The van der Waals surface area contributed by atoms with Crippen molar-refractivity contribution in [3.8, 4) is 5.75 Å². The van der Waals surface area contributed by atoms with Gasteiger partial charge < -0.3 is 19.3 Å². The lowest BCUT2D eigenvalue weighted by atomic mass is 10.1. The highest BCUT2D eigenvalue weighted by molar-refractivity contribution is 5.97. The van der Waals surface area contributed by atoms with Crippen molar-refractivity contribution in [3.05, 3.63) is 29.3 Å². The Morgan fingerprint density at radius 2 is 1.73 bits per heavy atom.